The van der Waals surface area contributed by atoms with E-state index < -0.39 is 10.2 Å². The summed E-state index contributed by atoms with van der Waals surface area (Å²) in [6, 6.07) is 6.02. The number of anilines is 1. The maximum Gasteiger partial charge on any atom is 0.292 e. The standard InChI is InChI=1S/C11H10N4O3S2/c1-7(20-11-14-12-6-19-11)10(16)13-8-4-2-3-5-9(8)15(17)18/h2-7H,1H3,(H,13,16). The van der Waals surface area contributed by atoms with E-state index >= 15 is 0 Å². The number of nitrogens with one attached hydrogen (secondary N) is 1. The summed E-state index contributed by atoms with van der Waals surface area (Å²) in [4.78, 5) is 22.3. The van der Waals surface area contributed by atoms with Crippen LogP contribution in [0.3, 0.4) is 0 Å². The molecule has 1 amide bonds. The molecule has 1 aromatic heterocycles. The third-order valence-electron chi connectivity index (χ3n) is 2.35. The lowest BCUT2D eigenvalue weighted by molar-refractivity contribution is -0.383. The molecule has 0 aliphatic carbocycles. The van der Waals surface area contributed by atoms with Crippen LogP contribution in [0.4, 0.5) is 11.4 Å². The van der Waals surface area contributed by atoms with E-state index in [0.717, 1.165) is 0 Å². The van der Waals surface area contributed by atoms with Crippen molar-refractivity contribution >= 4 is 40.4 Å². The van der Waals surface area contributed by atoms with Gasteiger partial charge >= 0.3 is 0 Å². The summed E-state index contributed by atoms with van der Waals surface area (Å²) in [6.45, 7) is 1.70. The number of hydrogen-bond donors (Lipinski definition) is 1. The fourth-order valence-corrected chi connectivity index (χ4v) is 3.02. The van der Waals surface area contributed by atoms with Crippen LogP contribution in [0.25, 0.3) is 0 Å². The van der Waals surface area contributed by atoms with Crippen LogP contribution in [0.1, 0.15) is 6.92 Å². The maximum absolute atomic E-state index is 12.0. The van der Waals surface area contributed by atoms with Crippen molar-refractivity contribution in [3.63, 3.8) is 0 Å². The Labute approximate surface area is 122 Å². The molecule has 0 aliphatic rings. The van der Waals surface area contributed by atoms with E-state index in [9.17, 15) is 14.9 Å². The highest BCUT2D eigenvalue weighted by Crippen LogP contribution is 2.27. The first kappa shape index (κ1) is 14.4. The molecule has 7 nitrogen and oxygen atoms in total. The first-order valence-corrected chi connectivity index (χ1v) is 7.31. The van der Waals surface area contributed by atoms with Gasteiger partial charge in [0.05, 0.1) is 10.2 Å². The molecule has 0 radical (unpaired) electrons. The van der Waals surface area contributed by atoms with Crippen molar-refractivity contribution in [2.45, 2.75) is 16.5 Å². The van der Waals surface area contributed by atoms with Gasteiger partial charge in [0.25, 0.3) is 5.69 Å². The quantitative estimate of drug-likeness (QED) is 0.518. The fourth-order valence-electron chi connectivity index (χ4n) is 1.39. The van der Waals surface area contributed by atoms with Crippen molar-refractivity contribution in [2.24, 2.45) is 0 Å². The van der Waals surface area contributed by atoms with Gasteiger partial charge in [-0.1, -0.05) is 35.2 Å². The Morgan fingerprint density at radius 3 is 2.90 bits per heavy atom. The lowest BCUT2D eigenvalue weighted by Crippen LogP contribution is -2.22. The van der Waals surface area contributed by atoms with Gasteiger partial charge in [-0.15, -0.1) is 10.2 Å². The van der Waals surface area contributed by atoms with E-state index in [-0.39, 0.29) is 17.3 Å². The number of thioether (sulfide) groups is 1. The van der Waals surface area contributed by atoms with E-state index in [1.54, 1.807) is 24.6 Å². The highest BCUT2D eigenvalue weighted by Gasteiger charge is 2.20. The molecule has 0 saturated heterocycles. The Hall–Kier alpha value is -2.00. The van der Waals surface area contributed by atoms with Crippen LogP contribution >= 0.6 is 23.1 Å². The van der Waals surface area contributed by atoms with E-state index in [1.807, 2.05) is 0 Å². The van der Waals surface area contributed by atoms with Gasteiger partial charge in [0.2, 0.25) is 5.91 Å². The van der Waals surface area contributed by atoms with E-state index in [0.29, 0.717) is 4.34 Å². The third-order valence-corrected chi connectivity index (χ3v) is 4.26. The van der Waals surface area contributed by atoms with Crippen LogP contribution in [0.15, 0.2) is 34.1 Å². The topological polar surface area (TPSA) is 98.0 Å². The number of carbonyl (C=O) groups is 1. The summed E-state index contributed by atoms with van der Waals surface area (Å²) in [5.74, 6) is -0.320. The van der Waals surface area contributed by atoms with Crippen molar-refractivity contribution in [1.82, 2.24) is 10.2 Å². The van der Waals surface area contributed by atoms with Crippen LogP contribution in [-0.2, 0) is 4.79 Å². The zero-order chi connectivity index (χ0) is 14.5. The molecule has 0 fully saturated rings. The number of para-hydroxylation sites is 2. The fraction of sp³-hybridized carbons (Fsp3) is 0.182. The molecule has 1 heterocycles. The van der Waals surface area contributed by atoms with E-state index in [1.165, 1.54) is 35.2 Å². The highest BCUT2D eigenvalue weighted by atomic mass is 32.2. The summed E-state index contributed by atoms with van der Waals surface area (Å²) in [5, 5.41) is 20.5. The molecule has 0 spiro atoms. The number of nitro groups is 1. The lowest BCUT2D eigenvalue weighted by Gasteiger charge is -2.10. The molecule has 20 heavy (non-hydrogen) atoms. The van der Waals surface area contributed by atoms with Gasteiger partial charge in [-0.2, -0.15) is 0 Å². The molecule has 9 heteroatoms. The Kier molecular flexibility index (Phi) is 4.64. The number of rotatable bonds is 5. The van der Waals surface area contributed by atoms with Gasteiger partial charge in [-0.05, 0) is 13.0 Å². The van der Waals surface area contributed by atoms with Crippen molar-refractivity contribution in [2.75, 3.05) is 5.32 Å². The molecule has 2 rings (SSSR count). The minimum absolute atomic E-state index is 0.131. The molecular formula is C11H10N4O3S2. The largest absolute Gasteiger partial charge is 0.319 e. The zero-order valence-electron chi connectivity index (χ0n) is 10.3. The van der Waals surface area contributed by atoms with Crippen LogP contribution in [-0.4, -0.2) is 26.3 Å². The molecule has 0 aliphatic heterocycles. The molecule has 0 bridgehead atoms. The van der Waals surface area contributed by atoms with Crippen LogP contribution in [0.5, 0.6) is 0 Å². The Morgan fingerprint density at radius 2 is 2.25 bits per heavy atom. The Balaban J connectivity index is 2.06. The summed E-state index contributed by atoms with van der Waals surface area (Å²) in [6.07, 6.45) is 0. The van der Waals surface area contributed by atoms with Crippen LogP contribution < -0.4 is 5.32 Å². The highest BCUT2D eigenvalue weighted by molar-refractivity contribution is 8.02. The van der Waals surface area contributed by atoms with Crippen LogP contribution in [0, 0.1) is 10.1 Å². The molecule has 1 unspecified atom stereocenters. The average Bonchev–Trinajstić information content (AvgIpc) is 2.91. The number of hydrogen-bond acceptors (Lipinski definition) is 7. The number of nitro benzene ring substituents is 1. The summed E-state index contributed by atoms with van der Waals surface area (Å²) in [5.41, 5.74) is 1.64. The number of carbonyl (C=O) groups excluding carboxylic acids is 1. The third kappa shape index (κ3) is 3.52. The average molecular weight is 310 g/mol. The number of amides is 1. The molecule has 1 N–H and O–H groups in total. The van der Waals surface area contributed by atoms with Gasteiger partial charge in [0.15, 0.2) is 4.34 Å². The van der Waals surface area contributed by atoms with Crippen LogP contribution in [0.2, 0.25) is 0 Å². The van der Waals surface area contributed by atoms with Crippen molar-refractivity contribution in [1.29, 1.82) is 0 Å². The SMILES string of the molecule is CC(Sc1nncs1)C(=O)Nc1ccccc1[N+](=O)[O-]. The summed E-state index contributed by atoms with van der Waals surface area (Å²) in [7, 11) is 0. The predicted molar refractivity (Wildman–Crippen MR) is 77.0 cm³/mol. The first-order chi connectivity index (χ1) is 9.58. The zero-order valence-corrected chi connectivity index (χ0v) is 12.0. The van der Waals surface area contributed by atoms with Gasteiger partial charge in [0, 0.05) is 6.07 Å². The second kappa shape index (κ2) is 6.44. The molecule has 0 saturated carbocycles. The molecule has 104 valence electrons. The van der Waals surface area contributed by atoms with E-state index in [2.05, 4.69) is 15.5 Å². The van der Waals surface area contributed by atoms with Crippen molar-refractivity contribution in [3.05, 3.63) is 39.9 Å². The van der Waals surface area contributed by atoms with Gasteiger partial charge < -0.3 is 5.32 Å². The minimum atomic E-state index is -0.530. The smallest absolute Gasteiger partial charge is 0.292 e. The Bertz CT molecular complexity index is 618. The number of nitrogens with zero attached hydrogens (tertiary/aromatic N) is 3. The van der Waals surface area contributed by atoms with Gasteiger partial charge in [0.1, 0.15) is 11.2 Å². The van der Waals surface area contributed by atoms with E-state index in [4.69, 9.17) is 0 Å². The number of benzene rings is 1. The van der Waals surface area contributed by atoms with Crippen molar-refractivity contribution in [3.8, 4) is 0 Å². The second-order valence-electron chi connectivity index (χ2n) is 3.73. The normalized spacial score (nSPS) is 11.8. The predicted octanol–water partition coefficient (Wildman–Crippen LogP) is 2.57. The van der Waals surface area contributed by atoms with Crippen molar-refractivity contribution < 1.29 is 9.72 Å². The minimum Gasteiger partial charge on any atom is -0.319 e. The summed E-state index contributed by atoms with van der Waals surface area (Å²) < 4.78 is 0.676. The molecule has 2 aromatic rings. The maximum atomic E-state index is 12.0. The molecule has 1 aromatic carbocycles. The van der Waals surface area contributed by atoms with Gasteiger partial charge in [-0.3, -0.25) is 14.9 Å². The number of aromatic nitrogens is 2. The van der Waals surface area contributed by atoms with Gasteiger partial charge in [-0.25, -0.2) is 0 Å². The first-order valence-electron chi connectivity index (χ1n) is 5.55. The summed E-state index contributed by atoms with van der Waals surface area (Å²) >= 11 is 2.59. The Morgan fingerprint density at radius 1 is 1.50 bits per heavy atom. The molecular weight excluding hydrogens is 300 g/mol. The lowest BCUT2D eigenvalue weighted by atomic mass is 10.2. The molecule has 1 atom stereocenters. The monoisotopic (exact) mass is 310 g/mol. The second-order valence-corrected chi connectivity index (χ2v) is 6.15.